The first-order valence-corrected chi connectivity index (χ1v) is 3.96. The van der Waals surface area contributed by atoms with E-state index >= 15 is 0 Å². The lowest BCUT2D eigenvalue weighted by Crippen LogP contribution is -2.03. The van der Waals surface area contributed by atoms with E-state index in [1.54, 1.807) is 6.07 Å². The number of hydrogen-bond acceptors (Lipinski definition) is 2. The van der Waals surface area contributed by atoms with Crippen LogP contribution in [-0.4, -0.2) is 13.0 Å². The van der Waals surface area contributed by atoms with Crippen LogP contribution < -0.4 is 0 Å². The number of benzene rings is 1. The van der Waals surface area contributed by atoms with Gasteiger partial charge in [-0.15, -0.1) is 0 Å². The first-order valence-electron chi connectivity index (χ1n) is 3.59. The summed E-state index contributed by atoms with van der Waals surface area (Å²) in [5.74, 6) is 0.225. The van der Waals surface area contributed by atoms with Crippen molar-refractivity contribution in [2.75, 3.05) is 7.11 Å². The molecule has 0 spiro atoms. The summed E-state index contributed by atoms with van der Waals surface area (Å²) in [4.78, 5) is 0. The van der Waals surface area contributed by atoms with E-state index in [2.05, 4.69) is 0 Å². The van der Waals surface area contributed by atoms with Crippen LogP contribution in [0.1, 0.15) is 5.56 Å². The Morgan fingerprint density at radius 2 is 2.17 bits per heavy atom. The molecule has 2 nitrogen and oxygen atoms in total. The molecule has 0 fully saturated rings. The quantitative estimate of drug-likeness (QED) is 0.555. The Hall–Kier alpha value is -1.02. The van der Waals surface area contributed by atoms with Gasteiger partial charge in [-0.25, -0.2) is 0 Å². The molecule has 0 saturated carbocycles. The monoisotopic (exact) mass is 183 g/mol. The topological polar surface area (TPSA) is 33.1 Å². The number of halogens is 1. The van der Waals surface area contributed by atoms with Gasteiger partial charge in [-0.05, 0) is 11.6 Å². The Morgan fingerprint density at radius 3 is 2.75 bits per heavy atom. The van der Waals surface area contributed by atoms with Gasteiger partial charge in [0.1, 0.15) is 0 Å². The molecule has 0 unspecified atom stereocenters. The summed E-state index contributed by atoms with van der Waals surface area (Å²) in [7, 11) is 1.49. The maximum absolute atomic E-state index is 7.29. The SMILES string of the molecule is COC(=N)Cc1ccccc1Cl. The van der Waals surface area contributed by atoms with E-state index in [9.17, 15) is 0 Å². The van der Waals surface area contributed by atoms with Gasteiger partial charge in [-0.3, -0.25) is 5.41 Å². The highest BCUT2D eigenvalue weighted by Gasteiger charge is 2.01. The van der Waals surface area contributed by atoms with E-state index in [0.717, 1.165) is 5.56 Å². The first kappa shape index (κ1) is 9.07. The van der Waals surface area contributed by atoms with Gasteiger partial charge in [-0.2, -0.15) is 0 Å². The van der Waals surface area contributed by atoms with Crippen LogP contribution in [0.4, 0.5) is 0 Å². The minimum atomic E-state index is 0.225. The van der Waals surface area contributed by atoms with Crippen molar-refractivity contribution < 1.29 is 4.74 Å². The van der Waals surface area contributed by atoms with Crippen LogP contribution >= 0.6 is 11.6 Å². The van der Waals surface area contributed by atoms with Gasteiger partial charge in [0.05, 0.1) is 7.11 Å². The van der Waals surface area contributed by atoms with Crippen LogP contribution in [0.25, 0.3) is 0 Å². The molecule has 0 radical (unpaired) electrons. The highest BCUT2D eigenvalue weighted by atomic mass is 35.5. The van der Waals surface area contributed by atoms with E-state index < -0.39 is 0 Å². The number of methoxy groups -OCH3 is 1. The van der Waals surface area contributed by atoms with Gasteiger partial charge in [0.15, 0.2) is 5.90 Å². The average Bonchev–Trinajstić information content (AvgIpc) is 2.09. The molecule has 0 heterocycles. The summed E-state index contributed by atoms with van der Waals surface area (Å²) in [5, 5.41) is 7.97. The Morgan fingerprint density at radius 1 is 1.50 bits per heavy atom. The zero-order valence-electron chi connectivity index (χ0n) is 6.80. The lowest BCUT2D eigenvalue weighted by Gasteiger charge is -2.03. The number of nitrogens with one attached hydrogen (secondary N) is 1. The molecule has 0 saturated heterocycles. The zero-order chi connectivity index (χ0) is 8.97. The van der Waals surface area contributed by atoms with Crippen molar-refractivity contribution in [1.82, 2.24) is 0 Å². The molecule has 0 aliphatic rings. The zero-order valence-corrected chi connectivity index (χ0v) is 7.56. The van der Waals surface area contributed by atoms with E-state index in [4.69, 9.17) is 21.7 Å². The summed E-state index contributed by atoms with van der Waals surface area (Å²) < 4.78 is 4.73. The summed E-state index contributed by atoms with van der Waals surface area (Å²) in [5.41, 5.74) is 0.922. The molecular weight excluding hydrogens is 174 g/mol. The molecular formula is C9H10ClNO. The maximum Gasteiger partial charge on any atom is 0.184 e. The minimum absolute atomic E-state index is 0.225. The fraction of sp³-hybridized carbons (Fsp3) is 0.222. The van der Waals surface area contributed by atoms with Gasteiger partial charge in [0.2, 0.25) is 0 Å². The second-order valence-electron chi connectivity index (χ2n) is 2.40. The summed E-state index contributed by atoms with van der Waals surface area (Å²) >= 11 is 5.87. The minimum Gasteiger partial charge on any atom is -0.484 e. The van der Waals surface area contributed by atoms with E-state index in [1.165, 1.54) is 7.11 Å². The maximum atomic E-state index is 7.29. The van der Waals surface area contributed by atoms with Crippen LogP contribution in [0.3, 0.4) is 0 Å². The van der Waals surface area contributed by atoms with Crippen molar-refractivity contribution in [2.45, 2.75) is 6.42 Å². The van der Waals surface area contributed by atoms with Crippen LogP contribution in [0.5, 0.6) is 0 Å². The number of hydrogen-bond donors (Lipinski definition) is 1. The Bertz CT molecular complexity index is 286. The van der Waals surface area contributed by atoms with E-state index in [0.29, 0.717) is 11.4 Å². The largest absolute Gasteiger partial charge is 0.484 e. The summed E-state index contributed by atoms with van der Waals surface area (Å²) in [6.07, 6.45) is 0.455. The standard InChI is InChI=1S/C9H10ClNO/c1-12-9(11)6-7-4-2-3-5-8(7)10/h2-5,11H,6H2,1H3. The van der Waals surface area contributed by atoms with Crippen molar-refractivity contribution in [3.63, 3.8) is 0 Å². The molecule has 64 valence electrons. The fourth-order valence-electron chi connectivity index (χ4n) is 0.887. The van der Waals surface area contributed by atoms with Gasteiger partial charge in [0.25, 0.3) is 0 Å². The normalized spacial score (nSPS) is 9.50. The molecule has 12 heavy (non-hydrogen) atoms. The third-order valence-corrected chi connectivity index (χ3v) is 1.92. The van der Waals surface area contributed by atoms with Crippen molar-refractivity contribution in [3.8, 4) is 0 Å². The van der Waals surface area contributed by atoms with E-state index in [1.807, 2.05) is 18.2 Å². The Kier molecular flexibility index (Phi) is 3.11. The summed E-state index contributed by atoms with van der Waals surface area (Å²) in [6, 6.07) is 7.45. The molecule has 0 aliphatic carbocycles. The fourth-order valence-corrected chi connectivity index (χ4v) is 1.09. The highest BCUT2D eigenvalue weighted by Crippen LogP contribution is 2.15. The molecule has 3 heteroatoms. The smallest absolute Gasteiger partial charge is 0.184 e. The molecule has 0 aromatic heterocycles. The van der Waals surface area contributed by atoms with E-state index in [-0.39, 0.29) is 5.90 Å². The second kappa shape index (κ2) is 4.12. The Balaban J connectivity index is 2.75. The molecule has 0 atom stereocenters. The lowest BCUT2D eigenvalue weighted by molar-refractivity contribution is 0.390. The van der Waals surface area contributed by atoms with Gasteiger partial charge in [-0.1, -0.05) is 29.8 Å². The number of ether oxygens (including phenoxy) is 1. The van der Waals surface area contributed by atoms with Crippen molar-refractivity contribution in [2.24, 2.45) is 0 Å². The molecule has 1 rings (SSSR count). The third-order valence-electron chi connectivity index (χ3n) is 1.56. The van der Waals surface area contributed by atoms with Crippen molar-refractivity contribution >= 4 is 17.5 Å². The van der Waals surface area contributed by atoms with Gasteiger partial charge < -0.3 is 4.74 Å². The molecule has 0 bridgehead atoms. The molecule has 1 aromatic carbocycles. The molecule has 0 amide bonds. The highest BCUT2D eigenvalue weighted by molar-refractivity contribution is 6.31. The predicted octanol–water partition coefficient (Wildman–Crippen LogP) is 2.51. The van der Waals surface area contributed by atoms with Gasteiger partial charge in [0, 0.05) is 11.4 Å². The van der Waals surface area contributed by atoms with Crippen molar-refractivity contribution in [1.29, 1.82) is 5.41 Å². The lowest BCUT2D eigenvalue weighted by atomic mass is 10.1. The molecule has 0 aliphatic heterocycles. The van der Waals surface area contributed by atoms with Crippen LogP contribution in [0, 0.1) is 5.41 Å². The third kappa shape index (κ3) is 2.24. The first-order chi connectivity index (χ1) is 5.74. The van der Waals surface area contributed by atoms with Crippen LogP contribution in [-0.2, 0) is 11.2 Å². The molecule has 1 aromatic rings. The van der Waals surface area contributed by atoms with Crippen LogP contribution in [0.2, 0.25) is 5.02 Å². The van der Waals surface area contributed by atoms with Crippen molar-refractivity contribution in [3.05, 3.63) is 34.9 Å². The average molecular weight is 184 g/mol. The summed E-state index contributed by atoms with van der Waals surface area (Å²) in [6.45, 7) is 0. The van der Waals surface area contributed by atoms with Gasteiger partial charge >= 0.3 is 0 Å². The predicted molar refractivity (Wildman–Crippen MR) is 49.9 cm³/mol. The van der Waals surface area contributed by atoms with Crippen LogP contribution in [0.15, 0.2) is 24.3 Å². The number of rotatable bonds is 2. The Labute approximate surface area is 76.6 Å². The second-order valence-corrected chi connectivity index (χ2v) is 2.80. The molecule has 1 N–H and O–H groups in total.